The molecular formula is C26H31N5O5. The van der Waals surface area contributed by atoms with Crippen LogP contribution in [0.5, 0.6) is 11.5 Å². The number of rotatable bonds is 11. The van der Waals surface area contributed by atoms with Crippen LogP contribution in [-0.4, -0.2) is 66.9 Å². The van der Waals surface area contributed by atoms with Crippen molar-refractivity contribution in [2.75, 3.05) is 26.2 Å². The molecule has 10 nitrogen and oxygen atoms in total. The Labute approximate surface area is 209 Å². The number of carbonyl (C=O) groups is 3. The number of aldehydes is 1. The van der Waals surface area contributed by atoms with Gasteiger partial charge < -0.3 is 25.4 Å². The molecule has 2 aromatic rings. The topological polar surface area (TPSA) is 159 Å². The molecule has 1 aliphatic heterocycles. The highest BCUT2D eigenvalue weighted by Gasteiger charge is 2.21. The van der Waals surface area contributed by atoms with Crippen LogP contribution in [0.2, 0.25) is 0 Å². The number of hydrogen-bond donors (Lipinski definition) is 4. The molecule has 5 N–H and O–H groups in total. The first kappa shape index (κ1) is 26.4. The van der Waals surface area contributed by atoms with Crippen LogP contribution in [0, 0.1) is 10.8 Å². The number of amidine groups is 2. The maximum atomic E-state index is 12.5. The van der Waals surface area contributed by atoms with Gasteiger partial charge in [0.05, 0.1) is 12.4 Å². The highest BCUT2D eigenvalue weighted by molar-refractivity contribution is 6.25. The predicted molar refractivity (Wildman–Crippen MR) is 135 cm³/mol. The molecule has 190 valence electrons. The predicted octanol–water partition coefficient (Wildman–Crippen LogP) is 1.93. The first-order valence-corrected chi connectivity index (χ1v) is 11.7. The zero-order chi connectivity index (χ0) is 26.1. The fraction of sp³-hybridized carbons (Fsp3) is 0.346. The van der Waals surface area contributed by atoms with Crippen molar-refractivity contribution in [1.29, 1.82) is 10.8 Å². The fourth-order valence-electron chi connectivity index (χ4n) is 3.85. The average molecular weight is 494 g/mol. The SMILES string of the molecule is CC(=N)N1CCC(Oc2ccc(C(=O)NCCOc3cc(C(=N)N)ccc3CC(=O)C=O)cc2)CC1. The van der Waals surface area contributed by atoms with E-state index in [2.05, 4.69) is 5.32 Å². The van der Waals surface area contributed by atoms with E-state index < -0.39 is 5.78 Å². The normalized spacial score (nSPS) is 13.5. The molecule has 0 spiro atoms. The molecular weight excluding hydrogens is 462 g/mol. The number of nitrogens with two attached hydrogens (primary N) is 1. The molecule has 1 aliphatic rings. The van der Waals surface area contributed by atoms with Crippen LogP contribution in [0.3, 0.4) is 0 Å². The Kier molecular flexibility index (Phi) is 9.15. The van der Waals surface area contributed by atoms with Crippen LogP contribution in [-0.2, 0) is 16.0 Å². The highest BCUT2D eigenvalue weighted by atomic mass is 16.5. The van der Waals surface area contributed by atoms with Gasteiger partial charge in [0.1, 0.15) is 30.0 Å². The van der Waals surface area contributed by atoms with Crippen LogP contribution in [0.25, 0.3) is 0 Å². The number of Topliss-reactive ketones (excluding diaryl/α,β-unsaturated/α-hetero) is 1. The van der Waals surface area contributed by atoms with Gasteiger partial charge in [-0.3, -0.25) is 25.2 Å². The van der Waals surface area contributed by atoms with Gasteiger partial charge in [-0.15, -0.1) is 0 Å². The summed E-state index contributed by atoms with van der Waals surface area (Å²) in [4.78, 5) is 36.8. The van der Waals surface area contributed by atoms with Crippen LogP contribution in [0.15, 0.2) is 42.5 Å². The van der Waals surface area contributed by atoms with Gasteiger partial charge in [-0.05, 0) is 37.3 Å². The zero-order valence-electron chi connectivity index (χ0n) is 20.2. The number of nitrogen functional groups attached to an aromatic ring is 1. The second-order valence-corrected chi connectivity index (χ2v) is 8.52. The summed E-state index contributed by atoms with van der Waals surface area (Å²) >= 11 is 0. The van der Waals surface area contributed by atoms with E-state index in [0.29, 0.717) is 34.0 Å². The summed E-state index contributed by atoms with van der Waals surface area (Å²) < 4.78 is 11.7. The lowest BCUT2D eigenvalue weighted by molar-refractivity contribution is -0.129. The molecule has 0 unspecified atom stereocenters. The minimum absolute atomic E-state index is 0.0886. The molecule has 1 heterocycles. The fourth-order valence-corrected chi connectivity index (χ4v) is 3.85. The van der Waals surface area contributed by atoms with Crippen molar-refractivity contribution >= 4 is 29.6 Å². The summed E-state index contributed by atoms with van der Waals surface area (Å²) in [6.07, 6.45) is 1.91. The van der Waals surface area contributed by atoms with E-state index in [1.54, 1.807) is 43.3 Å². The Morgan fingerprint density at radius 3 is 2.39 bits per heavy atom. The molecule has 0 atom stereocenters. The summed E-state index contributed by atoms with van der Waals surface area (Å²) in [5.41, 5.74) is 6.93. The maximum absolute atomic E-state index is 12.5. The Morgan fingerprint density at radius 2 is 1.78 bits per heavy atom. The number of benzene rings is 2. The van der Waals surface area contributed by atoms with E-state index in [1.165, 1.54) is 6.07 Å². The highest BCUT2D eigenvalue weighted by Crippen LogP contribution is 2.22. The Morgan fingerprint density at radius 1 is 1.11 bits per heavy atom. The van der Waals surface area contributed by atoms with Crippen LogP contribution < -0.4 is 20.5 Å². The number of ketones is 1. The minimum atomic E-state index is -0.594. The number of nitrogens with zero attached hydrogens (tertiary/aromatic N) is 1. The molecule has 0 saturated carbocycles. The lowest BCUT2D eigenvalue weighted by Crippen LogP contribution is -2.40. The number of likely N-dealkylation sites (tertiary alicyclic amines) is 1. The van der Waals surface area contributed by atoms with Crippen molar-refractivity contribution in [3.8, 4) is 11.5 Å². The molecule has 1 fully saturated rings. The Hall–Kier alpha value is -4.21. The molecule has 2 aromatic carbocycles. The van der Waals surface area contributed by atoms with Crippen molar-refractivity contribution in [2.24, 2.45) is 5.73 Å². The van der Waals surface area contributed by atoms with Gasteiger partial charge >= 0.3 is 0 Å². The summed E-state index contributed by atoms with van der Waals surface area (Å²) in [7, 11) is 0. The Bertz CT molecular complexity index is 1120. The first-order valence-electron chi connectivity index (χ1n) is 11.7. The number of amides is 1. The second-order valence-electron chi connectivity index (χ2n) is 8.52. The van der Waals surface area contributed by atoms with Crippen LogP contribution in [0.4, 0.5) is 0 Å². The van der Waals surface area contributed by atoms with E-state index >= 15 is 0 Å². The van der Waals surface area contributed by atoms with Crippen molar-refractivity contribution in [2.45, 2.75) is 32.3 Å². The average Bonchev–Trinajstić information content (AvgIpc) is 2.87. The smallest absolute Gasteiger partial charge is 0.251 e. The van der Waals surface area contributed by atoms with Gasteiger partial charge in [0, 0.05) is 49.0 Å². The van der Waals surface area contributed by atoms with Gasteiger partial charge in [0.15, 0.2) is 12.1 Å². The van der Waals surface area contributed by atoms with Gasteiger partial charge in [-0.2, -0.15) is 0 Å². The van der Waals surface area contributed by atoms with Crippen molar-refractivity contribution in [1.82, 2.24) is 10.2 Å². The quantitative estimate of drug-likeness (QED) is 0.122. The minimum Gasteiger partial charge on any atom is -0.491 e. The summed E-state index contributed by atoms with van der Waals surface area (Å²) in [5, 5.41) is 18.1. The van der Waals surface area contributed by atoms with E-state index in [9.17, 15) is 14.4 Å². The molecule has 1 saturated heterocycles. The monoisotopic (exact) mass is 493 g/mol. The lowest BCUT2D eigenvalue weighted by Gasteiger charge is -2.32. The van der Waals surface area contributed by atoms with E-state index in [0.717, 1.165) is 25.9 Å². The van der Waals surface area contributed by atoms with Crippen molar-refractivity contribution in [3.63, 3.8) is 0 Å². The van der Waals surface area contributed by atoms with Crippen LogP contribution in [0.1, 0.15) is 41.3 Å². The molecule has 1 amide bonds. The summed E-state index contributed by atoms with van der Waals surface area (Å²) in [6, 6.07) is 11.6. The Balaban J connectivity index is 1.48. The molecule has 0 aliphatic carbocycles. The maximum Gasteiger partial charge on any atom is 0.251 e. The number of carbonyl (C=O) groups excluding carboxylic acids is 3. The molecule has 0 aromatic heterocycles. The van der Waals surface area contributed by atoms with Crippen molar-refractivity contribution < 1.29 is 23.9 Å². The third-order valence-electron chi connectivity index (χ3n) is 5.86. The summed E-state index contributed by atoms with van der Waals surface area (Å²) in [5.74, 6) is 0.586. The number of ether oxygens (including phenoxy) is 2. The number of nitrogens with one attached hydrogen (secondary N) is 3. The van der Waals surface area contributed by atoms with Gasteiger partial charge in [0.2, 0.25) is 0 Å². The lowest BCUT2D eigenvalue weighted by atomic mass is 10.0. The number of hydrogen-bond acceptors (Lipinski definition) is 7. The summed E-state index contributed by atoms with van der Waals surface area (Å²) in [6.45, 7) is 3.71. The van der Waals surface area contributed by atoms with E-state index in [4.69, 9.17) is 26.0 Å². The van der Waals surface area contributed by atoms with Gasteiger partial charge in [-0.1, -0.05) is 12.1 Å². The largest absolute Gasteiger partial charge is 0.491 e. The third-order valence-corrected chi connectivity index (χ3v) is 5.86. The van der Waals surface area contributed by atoms with E-state index in [-0.39, 0.29) is 43.7 Å². The molecule has 3 rings (SSSR count). The van der Waals surface area contributed by atoms with Crippen molar-refractivity contribution in [3.05, 3.63) is 59.2 Å². The van der Waals surface area contributed by atoms with Gasteiger partial charge in [0.25, 0.3) is 5.91 Å². The first-order chi connectivity index (χ1) is 17.3. The van der Waals surface area contributed by atoms with E-state index in [1.807, 2.05) is 4.90 Å². The zero-order valence-corrected chi connectivity index (χ0v) is 20.2. The second kappa shape index (κ2) is 12.5. The van der Waals surface area contributed by atoms with Gasteiger partial charge in [-0.25, -0.2) is 0 Å². The van der Waals surface area contributed by atoms with Crippen LogP contribution >= 0.6 is 0 Å². The molecule has 10 heteroatoms. The standard InChI is InChI=1S/C26H31N5O5/c1-17(27)31-11-8-23(9-12-31)36-22-6-4-18(5-7-22)26(34)30-10-13-35-24-15-20(25(28)29)3-2-19(24)14-21(33)16-32/h2-7,15-16,23,27H,8-14H2,1H3,(H3,28,29)(H,30,34). The molecule has 36 heavy (non-hydrogen) atoms. The molecule has 0 radical (unpaired) electrons. The molecule has 0 bridgehead atoms. The third kappa shape index (κ3) is 7.39. The number of piperidine rings is 1.